The zero-order chi connectivity index (χ0) is 28.1. The fourth-order valence-electron chi connectivity index (χ4n) is 4.06. The van der Waals surface area contributed by atoms with Crippen molar-refractivity contribution in [2.45, 2.75) is 18.8 Å². The number of methoxy groups -OCH3 is 3. The van der Waals surface area contributed by atoms with E-state index in [0.29, 0.717) is 28.9 Å². The molecule has 1 N–H and O–H groups in total. The summed E-state index contributed by atoms with van der Waals surface area (Å²) in [5.74, 6) is -1.63. The molecule has 0 bridgehead atoms. The monoisotopic (exact) mass is 560 g/mol. The summed E-state index contributed by atoms with van der Waals surface area (Å²) < 4.78 is 53.4. The highest BCUT2D eigenvalue weighted by Gasteiger charge is 2.29. The first kappa shape index (κ1) is 27.9. The molecular weight excluding hydrogens is 534 g/mol. The molecule has 12 heteroatoms. The molecule has 9 nitrogen and oxygen atoms in total. The third kappa shape index (κ3) is 5.69. The van der Waals surface area contributed by atoms with Gasteiger partial charge in [0.1, 0.15) is 23.8 Å². The third-order valence-corrected chi connectivity index (χ3v) is 6.20. The van der Waals surface area contributed by atoms with E-state index in [9.17, 15) is 5.11 Å². The van der Waals surface area contributed by atoms with E-state index in [1.54, 1.807) is 24.1 Å². The van der Waals surface area contributed by atoms with Crippen LogP contribution in [0.1, 0.15) is 11.1 Å². The lowest BCUT2D eigenvalue weighted by atomic mass is 10.1. The van der Waals surface area contributed by atoms with Gasteiger partial charge in [-0.05, 0) is 17.7 Å². The van der Waals surface area contributed by atoms with Crippen LogP contribution >= 0.6 is 11.6 Å². The SMILES string of the molecule is C=CCOc1c(CN(c2c(F)c(OC)cc(OC)c2F)C(O)Cl)cnc2c1cnn2Cc1ccc(OC)cc1. The number of pyridine rings is 1. The van der Waals surface area contributed by atoms with Gasteiger partial charge in [-0.2, -0.15) is 5.10 Å². The van der Waals surface area contributed by atoms with Gasteiger partial charge in [-0.25, -0.2) is 18.4 Å². The van der Waals surface area contributed by atoms with Gasteiger partial charge in [0, 0.05) is 17.8 Å². The Balaban J connectivity index is 1.77. The Morgan fingerprint density at radius 2 is 1.74 bits per heavy atom. The molecule has 206 valence electrons. The molecule has 1 unspecified atom stereocenters. The molecule has 0 aliphatic heterocycles. The zero-order valence-corrected chi connectivity index (χ0v) is 22.3. The summed E-state index contributed by atoms with van der Waals surface area (Å²) >= 11 is 6.02. The summed E-state index contributed by atoms with van der Waals surface area (Å²) in [7, 11) is 4.05. The van der Waals surface area contributed by atoms with Gasteiger partial charge in [-0.3, -0.25) is 0 Å². The van der Waals surface area contributed by atoms with Crippen LogP contribution in [0.2, 0.25) is 0 Å². The van der Waals surface area contributed by atoms with Crippen molar-refractivity contribution in [2.75, 3.05) is 32.8 Å². The Hall–Kier alpha value is -4.09. The van der Waals surface area contributed by atoms with Crippen molar-refractivity contribution in [1.29, 1.82) is 0 Å². The van der Waals surface area contributed by atoms with Crippen LogP contribution in [0.3, 0.4) is 0 Å². The number of rotatable bonds is 12. The van der Waals surface area contributed by atoms with Gasteiger partial charge in [0.25, 0.3) is 0 Å². The maximum atomic E-state index is 15.3. The molecular formula is C27H27ClF2N4O5. The number of fused-ring (bicyclic) bond motifs is 1. The van der Waals surface area contributed by atoms with E-state index in [1.165, 1.54) is 20.4 Å². The molecule has 0 radical (unpaired) electrons. The van der Waals surface area contributed by atoms with Crippen molar-refractivity contribution in [3.63, 3.8) is 0 Å². The predicted molar refractivity (Wildman–Crippen MR) is 143 cm³/mol. The molecule has 0 aliphatic rings. The zero-order valence-electron chi connectivity index (χ0n) is 21.5. The van der Waals surface area contributed by atoms with Crippen LogP contribution in [0, 0.1) is 11.6 Å². The van der Waals surface area contributed by atoms with Gasteiger partial charge in [-0.15, -0.1) is 0 Å². The van der Waals surface area contributed by atoms with Gasteiger partial charge in [0.05, 0.1) is 46.0 Å². The van der Waals surface area contributed by atoms with E-state index in [4.69, 9.17) is 30.5 Å². The van der Waals surface area contributed by atoms with E-state index in [-0.39, 0.29) is 24.7 Å². The van der Waals surface area contributed by atoms with Gasteiger partial charge < -0.3 is 29.0 Å². The highest BCUT2D eigenvalue weighted by Crippen LogP contribution is 2.40. The van der Waals surface area contributed by atoms with Crippen molar-refractivity contribution >= 4 is 28.3 Å². The molecule has 0 saturated heterocycles. The topological polar surface area (TPSA) is 91.1 Å². The lowest BCUT2D eigenvalue weighted by Gasteiger charge is -2.28. The summed E-state index contributed by atoms with van der Waals surface area (Å²) in [5.41, 5.74) is -0.597. The van der Waals surface area contributed by atoms with Crippen LogP contribution in [-0.4, -0.2) is 53.5 Å². The smallest absolute Gasteiger partial charge is 0.206 e. The molecule has 0 amide bonds. The molecule has 2 aromatic heterocycles. The Morgan fingerprint density at radius 1 is 1.08 bits per heavy atom. The van der Waals surface area contributed by atoms with Crippen molar-refractivity contribution in [3.8, 4) is 23.0 Å². The molecule has 0 aliphatic carbocycles. The summed E-state index contributed by atoms with van der Waals surface area (Å²) in [6.07, 6.45) is 4.62. The largest absolute Gasteiger partial charge is 0.497 e. The number of anilines is 1. The maximum absolute atomic E-state index is 15.3. The maximum Gasteiger partial charge on any atom is 0.206 e. The fourth-order valence-corrected chi connectivity index (χ4v) is 4.23. The molecule has 4 rings (SSSR count). The second-order valence-corrected chi connectivity index (χ2v) is 8.69. The lowest BCUT2D eigenvalue weighted by Crippen LogP contribution is -2.32. The normalized spacial score (nSPS) is 11.8. The van der Waals surface area contributed by atoms with Crippen molar-refractivity contribution in [1.82, 2.24) is 14.8 Å². The highest BCUT2D eigenvalue weighted by atomic mass is 35.5. The Kier molecular flexibility index (Phi) is 8.72. The van der Waals surface area contributed by atoms with Crippen molar-refractivity contribution in [2.24, 2.45) is 0 Å². The summed E-state index contributed by atoms with van der Waals surface area (Å²) in [6.45, 7) is 3.96. The number of ether oxygens (including phenoxy) is 4. The summed E-state index contributed by atoms with van der Waals surface area (Å²) in [6, 6.07) is 8.60. The molecule has 2 heterocycles. The highest BCUT2D eigenvalue weighted by molar-refractivity contribution is 6.20. The van der Waals surface area contributed by atoms with Crippen molar-refractivity contribution in [3.05, 3.63) is 78.1 Å². The van der Waals surface area contributed by atoms with E-state index in [0.717, 1.165) is 22.3 Å². The fraction of sp³-hybridized carbons (Fsp3) is 0.259. The number of benzene rings is 2. The first-order valence-corrected chi connectivity index (χ1v) is 12.1. The van der Waals surface area contributed by atoms with E-state index in [1.807, 2.05) is 24.3 Å². The van der Waals surface area contributed by atoms with Gasteiger partial charge >= 0.3 is 0 Å². The van der Waals surface area contributed by atoms with Crippen LogP contribution < -0.4 is 23.8 Å². The summed E-state index contributed by atoms with van der Waals surface area (Å²) in [5, 5.41) is 15.4. The average molecular weight is 561 g/mol. The average Bonchev–Trinajstić information content (AvgIpc) is 3.34. The number of hydrogen-bond acceptors (Lipinski definition) is 8. The second-order valence-electron chi connectivity index (χ2n) is 8.30. The lowest BCUT2D eigenvalue weighted by molar-refractivity contribution is 0.242. The minimum Gasteiger partial charge on any atom is -0.497 e. The number of hydrogen-bond donors (Lipinski definition) is 1. The minimum atomic E-state index is -1.83. The second kappa shape index (κ2) is 12.2. The Bertz CT molecular complexity index is 1440. The van der Waals surface area contributed by atoms with Crippen LogP contribution in [-0.2, 0) is 13.1 Å². The Labute approximate surface area is 228 Å². The molecule has 0 saturated carbocycles. The molecule has 1 atom stereocenters. The Morgan fingerprint density at radius 3 is 2.31 bits per heavy atom. The van der Waals surface area contributed by atoms with E-state index >= 15 is 8.78 Å². The quantitative estimate of drug-likeness (QED) is 0.114. The number of alkyl halides is 1. The molecule has 4 aromatic rings. The first-order chi connectivity index (χ1) is 18.8. The van der Waals surface area contributed by atoms with Gasteiger partial charge in [-0.1, -0.05) is 36.4 Å². The van der Waals surface area contributed by atoms with Crippen LogP contribution in [0.4, 0.5) is 14.5 Å². The predicted octanol–water partition coefficient (Wildman–Crippen LogP) is 4.87. The number of aliphatic hydroxyl groups excluding tert-OH is 1. The third-order valence-electron chi connectivity index (χ3n) is 5.96. The van der Waals surface area contributed by atoms with Crippen LogP contribution in [0.25, 0.3) is 11.0 Å². The van der Waals surface area contributed by atoms with Crippen LogP contribution in [0.15, 0.2) is 55.4 Å². The molecule has 0 spiro atoms. The van der Waals surface area contributed by atoms with Crippen LogP contribution in [0.5, 0.6) is 23.0 Å². The number of nitrogens with zero attached hydrogens (tertiary/aromatic N) is 4. The number of halogens is 3. The van der Waals surface area contributed by atoms with E-state index in [2.05, 4.69) is 16.7 Å². The number of aromatic nitrogens is 3. The minimum absolute atomic E-state index is 0.134. The van der Waals surface area contributed by atoms with Crippen molar-refractivity contribution < 1.29 is 32.8 Å². The standard InChI is InChI=1S/C27H27ClF2N4O5/c1-5-10-39-25-17(15-33(27(28)35)24-22(29)20(37-3)11-21(38-4)23(24)30)12-31-26-19(25)13-32-34(26)14-16-6-8-18(36-2)9-7-16/h5-9,11-13,27,35H,1,10,14-15H2,2-4H3. The van der Waals surface area contributed by atoms with E-state index < -0.39 is 23.0 Å². The first-order valence-electron chi connectivity index (χ1n) is 11.7. The summed E-state index contributed by atoms with van der Waals surface area (Å²) in [4.78, 5) is 5.45. The number of aliphatic hydroxyl groups is 1. The van der Waals surface area contributed by atoms with Gasteiger partial charge in [0.15, 0.2) is 28.8 Å². The molecule has 39 heavy (non-hydrogen) atoms. The molecule has 2 aromatic carbocycles. The molecule has 0 fully saturated rings. The van der Waals surface area contributed by atoms with Gasteiger partial charge in [0.2, 0.25) is 5.69 Å².